The van der Waals surface area contributed by atoms with Gasteiger partial charge in [0.1, 0.15) is 11.3 Å². The van der Waals surface area contributed by atoms with Gasteiger partial charge in [-0.3, -0.25) is 4.79 Å². The first-order chi connectivity index (χ1) is 12.6. The average molecular weight is 350 g/mol. The van der Waals surface area contributed by atoms with Crippen molar-refractivity contribution in [2.75, 3.05) is 13.7 Å². The third-order valence-electron chi connectivity index (χ3n) is 4.29. The second-order valence-corrected chi connectivity index (χ2v) is 5.90. The topological polar surface area (TPSA) is 77.5 Å². The molecule has 0 atom stereocenters. The number of para-hydroxylation sites is 1. The summed E-state index contributed by atoms with van der Waals surface area (Å²) in [6.45, 7) is 4.12. The third kappa shape index (κ3) is 2.42. The lowest BCUT2D eigenvalue weighted by Gasteiger charge is -2.03. The van der Waals surface area contributed by atoms with Crippen LogP contribution in [0.4, 0.5) is 0 Å². The highest BCUT2D eigenvalue weighted by atomic mass is 16.5. The van der Waals surface area contributed by atoms with Gasteiger partial charge < -0.3 is 18.9 Å². The zero-order chi connectivity index (χ0) is 18.3. The number of amides is 1. The number of nitrogens with one attached hydrogen (secondary N) is 1. The van der Waals surface area contributed by atoms with Crippen molar-refractivity contribution in [3.05, 3.63) is 47.9 Å². The zero-order valence-electron chi connectivity index (χ0n) is 14.8. The van der Waals surface area contributed by atoms with Gasteiger partial charge in [0.25, 0.3) is 5.91 Å². The number of fused-ring (bicyclic) bond motifs is 3. The number of benzene rings is 2. The first-order valence-electron chi connectivity index (χ1n) is 8.38. The molecule has 2 aromatic heterocycles. The summed E-state index contributed by atoms with van der Waals surface area (Å²) in [6, 6.07) is 11.4. The van der Waals surface area contributed by atoms with E-state index in [-0.39, 0.29) is 5.91 Å². The van der Waals surface area contributed by atoms with E-state index in [1.54, 1.807) is 14.0 Å². The van der Waals surface area contributed by atoms with Crippen molar-refractivity contribution < 1.29 is 18.4 Å². The maximum Gasteiger partial charge on any atom is 0.273 e. The molecule has 4 aromatic rings. The Kier molecular flexibility index (Phi) is 3.88. The van der Waals surface area contributed by atoms with Crippen LogP contribution in [-0.2, 0) is 0 Å². The Hall–Kier alpha value is -3.28. The molecule has 26 heavy (non-hydrogen) atoms. The molecule has 1 N–H and O–H groups in total. The number of ether oxygens (including phenoxy) is 1. The van der Waals surface area contributed by atoms with Gasteiger partial charge in [0.2, 0.25) is 5.89 Å². The Morgan fingerprint density at radius 1 is 1.19 bits per heavy atom. The van der Waals surface area contributed by atoms with Crippen molar-refractivity contribution in [1.82, 2.24) is 10.3 Å². The summed E-state index contributed by atoms with van der Waals surface area (Å²) >= 11 is 0. The van der Waals surface area contributed by atoms with Gasteiger partial charge in [-0.15, -0.1) is 0 Å². The number of rotatable bonds is 4. The predicted octanol–water partition coefficient (Wildman–Crippen LogP) is 4.31. The smallest absolute Gasteiger partial charge is 0.273 e. The minimum absolute atomic E-state index is 0.248. The summed E-state index contributed by atoms with van der Waals surface area (Å²) in [5, 5.41) is 4.53. The van der Waals surface area contributed by atoms with Gasteiger partial charge in [0, 0.05) is 22.9 Å². The summed E-state index contributed by atoms with van der Waals surface area (Å²) in [4.78, 5) is 16.6. The molecule has 0 unspecified atom stereocenters. The van der Waals surface area contributed by atoms with E-state index in [1.165, 1.54) is 0 Å². The fourth-order valence-corrected chi connectivity index (χ4v) is 3.11. The number of aromatic nitrogens is 1. The Labute approximate surface area is 149 Å². The minimum Gasteiger partial charge on any atom is -0.493 e. The van der Waals surface area contributed by atoms with E-state index in [0.29, 0.717) is 35.2 Å². The van der Waals surface area contributed by atoms with Gasteiger partial charge in [0.05, 0.1) is 7.11 Å². The van der Waals surface area contributed by atoms with Gasteiger partial charge in [-0.25, -0.2) is 4.98 Å². The van der Waals surface area contributed by atoms with Crippen molar-refractivity contribution in [3.63, 3.8) is 0 Å². The van der Waals surface area contributed by atoms with Crippen LogP contribution >= 0.6 is 0 Å². The molecule has 0 fully saturated rings. The first-order valence-corrected chi connectivity index (χ1v) is 8.38. The lowest BCUT2D eigenvalue weighted by molar-refractivity contribution is 0.0950. The molecule has 0 aliphatic carbocycles. The van der Waals surface area contributed by atoms with Gasteiger partial charge in [0.15, 0.2) is 17.0 Å². The summed E-state index contributed by atoms with van der Waals surface area (Å²) < 4.78 is 17.2. The number of nitrogens with zero attached hydrogens (tertiary/aromatic N) is 1. The zero-order valence-corrected chi connectivity index (χ0v) is 14.8. The Balaban J connectivity index is 1.98. The Morgan fingerprint density at radius 3 is 2.77 bits per heavy atom. The number of hydrogen-bond donors (Lipinski definition) is 1. The van der Waals surface area contributed by atoms with Crippen LogP contribution in [0.15, 0.2) is 45.2 Å². The molecule has 0 bridgehead atoms. The van der Waals surface area contributed by atoms with Gasteiger partial charge >= 0.3 is 0 Å². The van der Waals surface area contributed by atoms with E-state index < -0.39 is 0 Å². The molecule has 0 radical (unpaired) electrons. The number of carbonyl (C=O) groups excluding carboxylic acids is 1. The van der Waals surface area contributed by atoms with E-state index in [2.05, 4.69) is 10.3 Å². The lowest BCUT2D eigenvalue weighted by Crippen LogP contribution is -2.23. The van der Waals surface area contributed by atoms with Crippen molar-refractivity contribution in [3.8, 4) is 17.2 Å². The molecule has 4 rings (SSSR count). The third-order valence-corrected chi connectivity index (χ3v) is 4.29. The van der Waals surface area contributed by atoms with Crippen molar-refractivity contribution in [2.45, 2.75) is 13.8 Å². The van der Waals surface area contributed by atoms with E-state index in [4.69, 9.17) is 13.6 Å². The number of oxazole rings is 1. The fraction of sp³-hybridized carbons (Fsp3) is 0.200. The second kappa shape index (κ2) is 6.22. The number of furan rings is 1. The molecule has 0 saturated heterocycles. The molecule has 0 spiro atoms. The van der Waals surface area contributed by atoms with Crippen LogP contribution in [-0.4, -0.2) is 24.5 Å². The largest absolute Gasteiger partial charge is 0.493 e. The summed E-state index contributed by atoms with van der Waals surface area (Å²) in [5.74, 6) is 1.24. The average Bonchev–Trinajstić information content (AvgIpc) is 3.22. The molecule has 6 heteroatoms. The van der Waals surface area contributed by atoms with Crippen LogP contribution in [0.25, 0.3) is 33.4 Å². The highest BCUT2D eigenvalue weighted by Gasteiger charge is 2.22. The molecule has 0 saturated carbocycles. The monoisotopic (exact) mass is 350 g/mol. The van der Waals surface area contributed by atoms with E-state index >= 15 is 0 Å². The number of carbonyl (C=O) groups is 1. The van der Waals surface area contributed by atoms with Crippen molar-refractivity contribution >= 4 is 27.8 Å². The maximum absolute atomic E-state index is 12.2. The lowest BCUT2D eigenvalue weighted by atomic mass is 10.1. The summed E-state index contributed by atoms with van der Waals surface area (Å²) in [5.41, 5.74) is 2.42. The standard InChI is InChI=1S/C20H18N2O4/c1-4-21-19(23)17-11(2)25-20(22-17)13-9-10-15(24-3)18-16(13)12-7-5-6-8-14(12)26-18/h5-10H,4H2,1-3H3,(H,21,23). The molecule has 1 amide bonds. The fourth-order valence-electron chi connectivity index (χ4n) is 3.11. The number of aryl methyl sites for hydroxylation is 1. The molecule has 2 aromatic carbocycles. The highest BCUT2D eigenvalue weighted by Crippen LogP contribution is 2.41. The molecular weight excluding hydrogens is 332 g/mol. The van der Waals surface area contributed by atoms with Gasteiger partial charge in [-0.1, -0.05) is 18.2 Å². The maximum atomic E-state index is 12.2. The van der Waals surface area contributed by atoms with E-state index in [9.17, 15) is 4.79 Å². The minimum atomic E-state index is -0.248. The van der Waals surface area contributed by atoms with Crippen LogP contribution in [0.5, 0.6) is 5.75 Å². The van der Waals surface area contributed by atoms with E-state index in [0.717, 1.165) is 21.9 Å². The molecule has 0 aliphatic heterocycles. The Morgan fingerprint density at radius 2 is 2.00 bits per heavy atom. The molecule has 0 aliphatic rings. The quantitative estimate of drug-likeness (QED) is 0.593. The van der Waals surface area contributed by atoms with Gasteiger partial charge in [-0.05, 0) is 32.0 Å². The van der Waals surface area contributed by atoms with Crippen molar-refractivity contribution in [1.29, 1.82) is 0 Å². The highest BCUT2D eigenvalue weighted by molar-refractivity contribution is 6.13. The van der Waals surface area contributed by atoms with Crippen LogP contribution < -0.4 is 10.1 Å². The second-order valence-electron chi connectivity index (χ2n) is 5.90. The predicted molar refractivity (Wildman–Crippen MR) is 98.5 cm³/mol. The molecular formula is C20H18N2O4. The Bertz CT molecular complexity index is 1120. The van der Waals surface area contributed by atoms with Crippen LogP contribution in [0.3, 0.4) is 0 Å². The first kappa shape index (κ1) is 16.2. The van der Waals surface area contributed by atoms with Gasteiger partial charge in [-0.2, -0.15) is 0 Å². The SMILES string of the molecule is CCNC(=O)c1nc(-c2ccc(OC)c3oc4ccccc4c23)oc1C. The van der Waals surface area contributed by atoms with Crippen LogP contribution in [0.1, 0.15) is 23.2 Å². The summed E-state index contributed by atoms with van der Waals surface area (Å²) in [6.07, 6.45) is 0. The number of methoxy groups -OCH3 is 1. The van der Waals surface area contributed by atoms with Crippen molar-refractivity contribution in [2.24, 2.45) is 0 Å². The van der Waals surface area contributed by atoms with Crippen LogP contribution in [0.2, 0.25) is 0 Å². The molecule has 132 valence electrons. The molecule has 6 nitrogen and oxygen atoms in total. The normalized spacial score (nSPS) is 11.2. The number of hydrogen-bond acceptors (Lipinski definition) is 5. The van der Waals surface area contributed by atoms with E-state index in [1.807, 2.05) is 43.3 Å². The molecule has 2 heterocycles. The van der Waals surface area contributed by atoms with Crippen LogP contribution in [0, 0.1) is 6.92 Å². The summed E-state index contributed by atoms with van der Waals surface area (Å²) in [7, 11) is 1.60.